The second-order valence-corrected chi connectivity index (χ2v) is 5.02. The second-order valence-electron chi connectivity index (χ2n) is 5.02. The van der Waals surface area contributed by atoms with E-state index >= 15 is 0 Å². The van der Waals surface area contributed by atoms with Gasteiger partial charge in [-0.3, -0.25) is 9.79 Å². The summed E-state index contributed by atoms with van der Waals surface area (Å²) in [6.07, 6.45) is 6.86. The topological polar surface area (TPSA) is 65.5 Å². The van der Waals surface area contributed by atoms with Gasteiger partial charge in [-0.15, -0.1) is 24.0 Å². The van der Waals surface area contributed by atoms with Crippen LogP contribution in [0.3, 0.4) is 0 Å². The zero-order chi connectivity index (χ0) is 14.1. The smallest absolute Gasteiger partial charge is 0.222 e. The van der Waals surface area contributed by atoms with E-state index in [-0.39, 0.29) is 35.9 Å². The zero-order valence-electron chi connectivity index (χ0n) is 12.6. The van der Waals surface area contributed by atoms with Crippen LogP contribution in [0.4, 0.5) is 0 Å². The van der Waals surface area contributed by atoms with Crippen LogP contribution in [0.25, 0.3) is 0 Å². The van der Waals surface area contributed by atoms with Crippen LogP contribution < -0.4 is 16.0 Å². The lowest BCUT2D eigenvalue weighted by Crippen LogP contribution is -2.42. The number of hydrogen-bond donors (Lipinski definition) is 3. The molecule has 1 amide bonds. The standard InChI is InChI=1S/C14H26N4O.HI/c1-4-15-14(18-12-7-5-6-8-12)16-10-9-13(19)17-11(2)3;/h5-6,11-12H,4,7-10H2,1-3H3,(H,17,19)(H2,15,16,18);1H. The molecule has 1 aliphatic carbocycles. The van der Waals surface area contributed by atoms with E-state index in [9.17, 15) is 4.79 Å². The molecule has 0 saturated carbocycles. The van der Waals surface area contributed by atoms with Gasteiger partial charge in [0.25, 0.3) is 0 Å². The molecule has 0 radical (unpaired) electrons. The van der Waals surface area contributed by atoms with Crippen LogP contribution in [0.2, 0.25) is 0 Å². The predicted octanol–water partition coefficient (Wildman–Crippen LogP) is 1.79. The number of guanidine groups is 1. The summed E-state index contributed by atoms with van der Waals surface area (Å²) in [6, 6.07) is 0.620. The highest BCUT2D eigenvalue weighted by Gasteiger charge is 2.11. The molecule has 0 aromatic heterocycles. The Morgan fingerprint density at radius 2 is 2.00 bits per heavy atom. The van der Waals surface area contributed by atoms with Gasteiger partial charge in [0.15, 0.2) is 5.96 Å². The average Bonchev–Trinajstić information content (AvgIpc) is 2.81. The Bertz CT molecular complexity index is 334. The molecule has 0 aliphatic heterocycles. The zero-order valence-corrected chi connectivity index (χ0v) is 14.9. The number of carbonyl (C=O) groups excluding carboxylic acids is 1. The van der Waals surface area contributed by atoms with Crippen LogP contribution in [-0.2, 0) is 4.79 Å². The number of rotatable bonds is 6. The fraction of sp³-hybridized carbons (Fsp3) is 0.714. The third-order valence-corrected chi connectivity index (χ3v) is 2.75. The highest BCUT2D eigenvalue weighted by molar-refractivity contribution is 14.0. The molecule has 0 heterocycles. The Balaban J connectivity index is 0.00000361. The van der Waals surface area contributed by atoms with Gasteiger partial charge >= 0.3 is 0 Å². The number of carbonyl (C=O) groups is 1. The van der Waals surface area contributed by atoms with Crippen molar-refractivity contribution in [3.05, 3.63) is 12.2 Å². The lowest BCUT2D eigenvalue weighted by atomic mass is 10.2. The first-order chi connectivity index (χ1) is 9.11. The highest BCUT2D eigenvalue weighted by Crippen LogP contribution is 2.08. The molecule has 3 N–H and O–H groups in total. The number of hydrogen-bond acceptors (Lipinski definition) is 2. The summed E-state index contributed by atoms with van der Waals surface area (Å²) in [7, 11) is 0. The van der Waals surface area contributed by atoms with E-state index in [2.05, 4.69) is 33.1 Å². The van der Waals surface area contributed by atoms with Crippen LogP contribution in [0.1, 0.15) is 40.0 Å². The van der Waals surface area contributed by atoms with E-state index in [1.165, 1.54) is 0 Å². The fourth-order valence-electron chi connectivity index (χ4n) is 1.91. The van der Waals surface area contributed by atoms with E-state index in [1.807, 2.05) is 20.8 Å². The summed E-state index contributed by atoms with van der Waals surface area (Å²) in [5, 5.41) is 9.44. The molecule has 0 fully saturated rings. The number of halogens is 1. The van der Waals surface area contributed by atoms with E-state index in [4.69, 9.17) is 0 Å². The van der Waals surface area contributed by atoms with Crippen molar-refractivity contribution in [1.29, 1.82) is 0 Å². The summed E-state index contributed by atoms with van der Waals surface area (Å²) in [6.45, 7) is 7.29. The van der Waals surface area contributed by atoms with Gasteiger partial charge in [0.2, 0.25) is 5.91 Å². The summed E-state index contributed by atoms with van der Waals surface area (Å²) in [4.78, 5) is 15.9. The van der Waals surface area contributed by atoms with Gasteiger partial charge in [-0.1, -0.05) is 12.2 Å². The minimum atomic E-state index is 0. The molecular weight excluding hydrogens is 367 g/mol. The molecule has 1 aliphatic rings. The maximum absolute atomic E-state index is 11.5. The fourth-order valence-corrected chi connectivity index (χ4v) is 1.91. The molecule has 116 valence electrons. The van der Waals surface area contributed by atoms with Crippen molar-refractivity contribution in [1.82, 2.24) is 16.0 Å². The van der Waals surface area contributed by atoms with E-state index in [0.29, 0.717) is 19.0 Å². The van der Waals surface area contributed by atoms with Crippen molar-refractivity contribution < 1.29 is 4.79 Å². The van der Waals surface area contributed by atoms with Crippen molar-refractivity contribution in [3.8, 4) is 0 Å². The predicted molar refractivity (Wildman–Crippen MR) is 94.6 cm³/mol. The van der Waals surface area contributed by atoms with Gasteiger partial charge < -0.3 is 16.0 Å². The molecule has 0 saturated heterocycles. The maximum Gasteiger partial charge on any atom is 0.222 e. The molecule has 0 spiro atoms. The van der Waals surface area contributed by atoms with Crippen molar-refractivity contribution >= 4 is 35.8 Å². The molecular formula is C14H27IN4O. The van der Waals surface area contributed by atoms with Crippen molar-refractivity contribution in [3.63, 3.8) is 0 Å². The van der Waals surface area contributed by atoms with Crippen molar-refractivity contribution in [2.45, 2.75) is 52.1 Å². The van der Waals surface area contributed by atoms with Crippen LogP contribution in [0.5, 0.6) is 0 Å². The van der Waals surface area contributed by atoms with Crippen LogP contribution in [0.15, 0.2) is 17.1 Å². The Labute approximate surface area is 139 Å². The molecule has 5 nitrogen and oxygen atoms in total. The Morgan fingerprint density at radius 3 is 2.55 bits per heavy atom. The molecule has 20 heavy (non-hydrogen) atoms. The van der Waals surface area contributed by atoms with Crippen molar-refractivity contribution in [2.24, 2.45) is 4.99 Å². The third-order valence-electron chi connectivity index (χ3n) is 2.75. The highest BCUT2D eigenvalue weighted by atomic mass is 127. The largest absolute Gasteiger partial charge is 0.357 e. The lowest BCUT2D eigenvalue weighted by molar-refractivity contribution is -0.121. The number of aliphatic imine (C=N–C) groups is 1. The summed E-state index contributed by atoms with van der Waals surface area (Å²) >= 11 is 0. The van der Waals surface area contributed by atoms with Crippen molar-refractivity contribution in [2.75, 3.05) is 13.1 Å². The summed E-state index contributed by atoms with van der Waals surface area (Å²) in [5.74, 6) is 0.852. The van der Waals surface area contributed by atoms with Gasteiger partial charge in [0, 0.05) is 25.0 Å². The third kappa shape index (κ3) is 8.39. The first-order valence-corrected chi connectivity index (χ1v) is 7.11. The van der Waals surface area contributed by atoms with E-state index in [0.717, 1.165) is 25.3 Å². The van der Waals surface area contributed by atoms with Gasteiger partial charge in [0.05, 0.1) is 6.54 Å². The quantitative estimate of drug-likeness (QED) is 0.279. The number of nitrogens with one attached hydrogen (secondary N) is 3. The van der Waals surface area contributed by atoms with Crippen LogP contribution >= 0.6 is 24.0 Å². The first kappa shape index (κ1) is 19.2. The van der Waals surface area contributed by atoms with Gasteiger partial charge in [-0.25, -0.2) is 0 Å². The number of amides is 1. The maximum atomic E-state index is 11.5. The minimum absolute atomic E-state index is 0. The monoisotopic (exact) mass is 394 g/mol. The molecule has 6 heteroatoms. The summed E-state index contributed by atoms with van der Waals surface area (Å²) < 4.78 is 0. The van der Waals surface area contributed by atoms with Gasteiger partial charge in [0.1, 0.15) is 0 Å². The second kappa shape index (κ2) is 10.9. The summed E-state index contributed by atoms with van der Waals surface area (Å²) in [5.41, 5.74) is 0. The lowest BCUT2D eigenvalue weighted by Gasteiger charge is -2.16. The van der Waals surface area contributed by atoms with Gasteiger partial charge in [-0.2, -0.15) is 0 Å². The molecule has 1 rings (SSSR count). The van der Waals surface area contributed by atoms with E-state index in [1.54, 1.807) is 0 Å². The Morgan fingerprint density at radius 1 is 1.35 bits per heavy atom. The van der Waals surface area contributed by atoms with Crippen LogP contribution in [-0.4, -0.2) is 37.0 Å². The van der Waals surface area contributed by atoms with Crippen LogP contribution in [0, 0.1) is 0 Å². The SMILES string of the molecule is CCNC(=NCCC(=O)NC(C)C)NC1CC=CC1.I. The normalized spacial score (nSPS) is 15.1. The molecule has 0 aromatic rings. The number of nitrogens with zero attached hydrogens (tertiary/aromatic N) is 1. The molecule has 0 bridgehead atoms. The van der Waals surface area contributed by atoms with E-state index < -0.39 is 0 Å². The Kier molecular flexibility index (Phi) is 10.5. The van der Waals surface area contributed by atoms with Gasteiger partial charge in [-0.05, 0) is 33.6 Å². The minimum Gasteiger partial charge on any atom is -0.357 e. The first-order valence-electron chi connectivity index (χ1n) is 7.11. The molecule has 0 unspecified atom stereocenters. The molecule has 0 aromatic carbocycles. The average molecular weight is 394 g/mol. The Hall–Kier alpha value is -0.790. The molecule has 0 atom stereocenters.